The molecule has 0 saturated carbocycles. The van der Waals surface area contributed by atoms with Gasteiger partial charge in [0.05, 0.1) is 0 Å². The smallest absolute Gasteiger partial charge is 0.226 e. The van der Waals surface area contributed by atoms with Crippen LogP contribution >= 0.6 is 0 Å². The lowest BCUT2D eigenvalue weighted by Gasteiger charge is -2.34. The van der Waals surface area contributed by atoms with Crippen molar-refractivity contribution in [3.8, 4) is 0 Å². The summed E-state index contributed by atoms with van der Waals surface area (Å²) in [5.41, 5.74) is 1.25. The van der Waals surface area contributed by atoms with Crippen LogP contribution in [0.5, 0.6) is 0 Å². The third-order valence-electron chi connectivity index (χ3n) is 5.40. The van der Waals surface area contributed by atoms with E-state index in [0.29, 0.717) is 31.1 Å². The Morgan fingerprint density at radius 2 is 1.80 bits per heavy atom. The van der Waals surface area contributed by atoms with Gasteiger partial charge in [-0.2, -0.15) is 4.98 Å². The van der Waals surface area contributed by atoms with Crippen molar-refractivity contribution < 1.29 is 9.32 Å². The van der Waals surface area contributed by atoms with Gasteiger partial charge < -0.3 is 9.84 Å². The zero-order valence-electron chi connectivity index (χ0n) is 18.6. The van der Waals surface area contributed by atoms with E-state index in [0.717, 1.165) is 45.7 Å². The molecule has 1 N–H and O–H groups in total. The van der Waals surface area contributed by atoms with Gasteiger partial charge in [0.2, 0.25) is 11.8 Å². The quantitative estimate of drug-likeness (QED) is 0.681. The molecule has 30 heavy (non-hydrogen) atoms. The van der Waals surface area contributed by atoms with Crippen LogP contribution in [0.3, 0.4) is 0 Å². The molecule has 1 aliphatic heterocycles. The van der Waals surface area contributed by atoms with E-state index in [2.05, 4.69) is 76.4 Å². The van der Waals surface area contributed by atoms with E-state index in [1.807, 2.05) is 0 Å². The SMILES string of the molecule is CC(C)(C)c1noc(CCCC(=O)NCCN2CCN(Cc3ccccc3)CC2)n1. The number of rotatable bonds is 9. The number of carbonyl (C=O) groups excluding carboxylic acids is 1. The number of hydrogen-bond donors (Lipinski definition) is 1. The van der Waals surface area contributed by atoms with Crippen molar-refractivity contribution in [3.63, 3.8) is 0 Å². The summed E-state index contributed by atoms with van der Waals surface area (Å²) in [6.07, 6.45) is 1.84. The van der Waals surface area contributed by atoms with Gasteiger partial charge in [-0.1, -0.05) is 56.3 Å². The summed E-state index contributed by atoms with van der Waals surface area (Å²) in [4.78, 5) is 21.4. The lowest BCUT2D eigenvalue weighted by molar-refractivity contribution is -0.121. The van der Waals surface area contributed by atoms with Gasteiger partial charge >= 0.3 is 0 Å². The molecule has 7 heteroatoms. The fraction of sp³-hybridized carbons (Fsp3) is 0.609. The first-order valence-corrected chi connectivity index (χ1v) is 11.0. The largest absolute Gasteiger partial charge is 0.355 e. The predicted octanol–water partition coefficient (Wildman–Crippen LogP) is 2.62. The molecular formula is C23H35N5O2. The molecule has 1 saturated heterocycles. The molecule has 1 aromatic carbocycles. The van der Waals surface area contributed by atoms with Crippen molar-refractivity contribution in [2.45, 2.75) is 52.0 Å². The van der Waals surface area contributed by atoms with Crippen molar-refractivity contribution in [1.29, 1.82) is 0 Å². The highest BCUT2D eigenvalue weighted by Gasteiger charge is 2.21. The number of aryl methyl sites for hydroxylation is 1. The summed E-state index contributed by atoms with van der Waals surface area (Å²) in [6.45, 7) is 13.0. The molecule has 0 unspecified atom stereocenters. The number of piperazine rings is 1. The molecule has 3 rings (SSSR count). The topological polar surface area (TPSA) is 74.5 Å². The second kappa shape index (κ2) is 10.7. The minimum atomic E-state index is -0.119. The lowest BCUT2D eigenvalue weighted by atomic mass is 9.96. The average Bonchev–Trinajstić information content (AvgIpc) is 3.20. The van der Waals surface area contributed by atoms with Crippen LogP contribution in [0.1, 0.15) is 50.9 Å². The van der Waals surface area contributed by atoms with Crippen LogP contribution in [-0.4, -0.2) is 65.1 Å². The summed E-state index contributed by atoms with van der Waals surface area (Å²) in [5.74, 6) is 1.42. The van der Waals surface area contributed by atoms with E-state index in [1.54, 1.807) is 0 Å². The molecule has 1 aromatic heterocycles. The number of amides is 1. The van der Waals surface area contributed by atoms with Gasteiger partial charge in [0.15, 0.2) is 5.82 Å². The summed E-state index contributed by atoms with van der Waals surface area (Å²) in [5, 5.41) is 7.06. The standard InChI is InChI=1S/C23H35N5O2/c1-23(2,3)22-25-21(30-26-22)11-7-10-20(29)24-12-13-27-14-16-28(17-15-27)18-19-8-5-4-6-9-19/h4-6,8-9H,7,10-18H2,1-3H3,(H,24,29). The molecule has 2 heterocycles. The lowest BCUT2D eigenvalue weighted by Crippen LogP contribution is -2.48. The molecule has 2 aromatic rings. The van der Waals surface area contributed by atoms with Gasteiger partial charge in [0.1, 0.15) is 0 Å². The highest BCUT2D eigenvalue weighted by Crippen LogP contribution is 2.18. The fourth-order valence-corrected chi connectivity index (χ4v) is 3.52. The maximum absolute atomic E-state index is 12.1. The van der Waals surface area contributed by atoms with E-state index in [9.17, 15) is 4.79 Å². The molecule has 0 spiro atoms. The minimum Gasteiger partial charge on any atom is -0.355 e. The summed E-state index contributed by atoms with van der Waals surface area (Å²) in [7, 11) is 0. The highest BCUT2D eigenvalue weighted by molar-refractivity contribution is 5.75. The van der Waals surface area contributed by atoms with E-state index in [1.165, 1.54) is 5.56 Å². The molecule has 1 aliphatic rings. The Bertz CT molecular complexity index is 776. The molecule has 7 nitrogen and oxygen atoms in total. The Morgan fingerprint density at radius 1 is 1.10 bits per heavy atom. The molecule has 0 atom stereocenters. The summed E-state index contributed by atoms with van der Waals surface area (Å²) < 4.78 is 5.28. The second-order valence-electron chi connectivity index (χ2n) is 9.07. The molecule has 1 amide bonds. The second-order valence-corrected chi connectivity index (χ2v) is 9.07. The van der Waals surface area contributed by atoms with E-state index in [-0.39, 0.29) is 11.3 Å². The Labute approximate surface area is 179 Å². The van der Waals surface area contributed by atoms with Crippen molar-refractivity contribution in [1.82, 2.24) is 25.3 Å². The molecule has 1 fully saturated rings. The van der Waals surface area contributed by atoms with Gasteiger partial charge in [0.25, 0.3) is 0 Å². The predicted molar refractivity (Wildman–Crippen MR) is 117 cm³/mol. The fourth-order valence-electron chi connectivity index (χ4n) is 3.52. The third-order valence-corrected chi connectivity index (χ3v) is 5.40. The highest BCUT2D eigenvalue weighted by atomic mass is 16.5. The zero-order chi connectivity index (χ0) is 21.4. The Morgan fingerprint density at radius 3 is 2.47 bits per heavy atom. The molecule has 164 valence electrons. The van der Waals surface area contributed by atoms with Crippen molar-refractivity contribution >= 4 is 5.91 Å². The maximum Gasteiger partial charge on any atom is 0.226 e. The zero-order valence-corrected chi connectivity index (χ0v) is 18.6. The molecular weight excluding hydrogens is 378 g/mol. The maximum atomic E-state index is 12.1. The van der Waals surface area contributed by atoms with Crippen LogP contribution in [0.15, 0.2) is 34.9 Å². The first-order valence-electron chi connectivity index (χ1n) is 11.0. The Kier molecular flexibility index (Phi) is 7.99. The van der Waals surface area contributed by atoms with Gasteiger partial charge in [0, 0.05) is 64.1 Å². The number of nitrogens with zero attached hydrogens (tertiary/aromatic N) is 4. The minimum absolute atomic E-state index is 0.0910. The number of hydrogen-bond acceptors (Lipinski definition) is 6. The van der Waals surface area contributed by atoms with Gasteiger partial charge in [-0.15, -0.1) is 0 Å². The molecule has 0 radical (unpaired) electrons. The Balaban J connectivity index is 1.25. The van der Waals surface area contributed by atoms with Gasteiger partial charge in [-0.05, 0) is 12.0 Å². The van der Waals surface area contributed by atoms with Crippen LogP contribution in [0.2, 0.25) is 0 Å². The van der Waals surface area contributed by atoms with E-state index >= 15 is 0 Å². The number of aromatic nitrogens is 2. The van der Waals surface area contributed by atoms with Crippen LogP contribution in [0.25, 0.3) is 0 Å². The van der Waals surface area contributed by atoms with E-state index in [4.69, 9.17) is 4.52 Å². The third kappa shape index (κ3) is 7.22. The Hall–Kier alpha value is -2.25. The van der Waals surface area contributed by atoms with Crippen LogP contribution in [-0.2, 0) is 23.2 Å². The monoisotopic (exact) mass is 413 g/mol. The van der Waals surface area contributed by atoms with Crippen LogP contribution in [0, 0.1) is 0 Å². The number of benzene rings is 1. The van der Waals surface area contributed by atoms with Crippen molar-refractivity contribution in [2.24, 2.45) is 0 Å². The van der Waals surface area contributed by atoms with Crippen molar-refractivity contribution in [3.05, 3.63) is 47.6 Å². The van der Waals surface area contributed by atoms with Crippen LogP contribution in [0.4, 0.5) is 0 Å². The first-order chi connectivity index (χ1) is 14.4. The summed E-state index contributed by atoms with van der Waals surface area (Å²) >= 11 is 0. The number of carbonyl (C=O) groups is 1. The molecule has 0 aliphatic carbocycles. The van der Waals surface area contributed by atoms with Crippen molar-refractivity contribution in [2.75, 3.05) is 39.3 Å². The van der Waals surface area contributed by atoms with Crippen LogP contribution < -0.4 is 5.32 Å². The van der Waals surface area contributed by atoms with E-state index < -0.39 is 0 Å². The normalized spacial score (nSPS) is 16.0. The number of nitrogens with one attached hydrogen (secondary N) is 1. The first kappa shape index (κ1) is 22.4. The summed E-state index contributed by atoms with van der Waals surface area (Å²) in [6, 6.07) is 10.6. The van der Waals surface area contributed by atoms with Gasteiger partial charge in [-0.3, -0.25) is 14.6 Å². The molecule has 0 bridgehead atoms. The van der Waals surface area contributed by atoms with Gasteiger partial charge in [-0.25, -0.2) is 0 Å². The average molecular weight is 414 g/mol.